The minimum absolute atomic E-state index is 0.124. The molecule has 0 saturated carbocycles. The lowest BCUT2D eigenvalue weighted by Gasteiger charge is -2.35. The highest BCUT2D eigenvalue weighted by Crippen LogP contribution is 2.28. The van der Waals surface area contributed by atoms with E-state index in [-0.39, 0.29) is 15.7 Å². The molecule has 2 aliphatic heterocycles. The minimum Gasteiger partial charge on any atom is -0.369 e. The first-order chi connectivity index (χ1) is 14.5. The van der Waals surface area contributed by atoms with Crippen LogP contribution in [-0.2, 0) is 16.6 Å². The molecule has 7 nitrogen and oxygen atoms in total. The Hall–Kier alpha value is -1.94. The van der Waals surface area contributed by atoms with E-state index in [1.54, 1.807) is 11.4 Å². The highest BCUT2D eigenvalue weighted by Gasteiger charge is 2.31. The van der Waals surface area contributed by atoms with Crippen LogP contribution in [0.2, 0.25) is 0 Å². The molecule has 0 spiro atoms. The standard InChI is InChI=1S/C21H28N4O3S2/c1-23-11-13-24(14-12-23)18-7-3-2-6-17(18)16-22-21(26)20-19(8-15-29-20)30(27,28)25-9-4-5-10-25/h2-3,6-8,15H,4-5,9-14,16H2,1H3,(H,22,26). The predicted molar refractivity (Wildman–Crippen MR) is 120 cm³/mol. The minimum atomic E-state index is -3.61. The third-order valence-corrected chi connectivity index (χ3v) is 8.78. The summed E-state index contributed by atoms with van der Waals surface area (Å²) in [5.74, 6) is -0.337. The maximum absolute atomic E-state index is 12.9. The summed E-state index contributed by atoms with van der Waals surface area (Å²) in [6, 6.07) is 9.63. The van der Waals surface area contributed by atoms with Gasteiger partial charge in [-0.1, -0.05) is 18.2 Å². The van der Waals surface area contributed by atoms with Crippen LogP contribution < -0.4 is 10.2 Å². The fourth-order valence-electron chi connectivity index (χ4n) is 4.01. The average Bonchev–Trinajstić information content (AvgIpc) is 3.45. The zero-order valence-corrected chi connectivity index (χ0v) is 18.8. The van der Waals surface area contributed by atoms with Gasteiger partial charge in [-0.2, -0.15) is 4.31 Å². The molecule has 0 aliphatic carbocycles. The Balaban J connectivity index is 1.47. The van der Waals surface area contributed by atoms with Crippen molar-refractivity contribution in [3.05, 3.63) is 46.2 Å². The Morgan fingerprint density at radius 2 is 1.73 bits per heavy atom. The van der Waals surface area contributed by atoms with E-state index < -0.39 is 10.0 Å². The van der Waals surface area contributed by atoms with Crippen LogP contribution in [0.5, 0.6) is 0 Å². The van der Waals surface area contributed by atoms with E-state index in [9.17, 15) is 13.2 Å². The van der Waals surface area contributed by atoms with Crippen molar-refractivity contribution < 1.29 is 13.2 Å². The largest absolute Gasteiger partial charge is 0.369 e. The number of nitrogens with one attached hydrogen (secondary N) is 1. The SMILES string of the molecule is CN1CCN(c2ccccc2CNC(=O)c2sccc2S(=O)(=O)N2CCCC2)CC1. The summed E-state index contributed by atoms with van der Waals surface area (Å²) in [7, 11) is -1.49. The summed E-state index contributed by atoms with van der Waals surface area (Å²) >= 11 is 1.18. The van der Waals surface area contributed by atoms with Crippen molar-refractivity contribution in [3.8, 4) is 0 Å². The lowest BCUT2D eigenvalue weighted by Crippen LogP contribution is -2.45. The van der Waals surface area contributed by atoms with Gasteiger partial charge in [-0.05, 0) is 43.0 Å². The maximum atomic E-state index is 12.9. The van der Waals surface area contributed by atoms with Gasteiger partial charge in [0, 0.05) is 51.5 Å². The van der Waals surface area contributed by atoms with Crippen LogP contribution >= 0.6 is 11.3 Å². The monoisotopic (exact) mass is 448 g/mol. The number of benzene rings is 1. The van der Waals surface area contributed by atoms with Crippen molar-refractivity contribution in [1.29, 1.82) is 0 Å². The van der Waals surface area contributed by atoms with Crippen LogP contribution in [0, 0.1) is 0 Å². The maximum Gasteiger partial charge on any atom is 0.263 e. The molecule has 2 fully saturated rings. The van der Waals surface area contributed by atoms with Crippen molar-refractivity contribution in [1.82, 2.24) is 14.5 Å². The average molecular weight is 449 g/mol. The molecule has 0 radical (unpaired) electrons. The number of carbonyl (C=O) groups excluding carboxylic acids is 1. The molecule has 1 amide bonds. The van der Waals surface area contributed by atoms with E-state index in [0.717, 1.165) is 50.3 Å². The number of carbonyl (C=O) groups is 1. The Morgan fingerprint density at radius 3 is 2.47 bits per heavy atom. The molecule has 30 heavy (non-hydrogen) atoms. The molecule has 2 saturated heterocycles. The van der Waals surface area contributed by atoms with E-state index in [4.69, 9.17) is 0 Å². The summed E-state index contributed by atoms with van der Waals surface area (Å²) in [5.41, 5.74) is 2.16. The third-order valence-electron chi connectivity index (χ3n) is 5.79. The van der Waals surface area contributed by atoms with Crippen molar-refractivity contribution >= 4 is 33.0 Å². The molecule has 1 aromatic heterocycles. The second-order valence-electron chi connectivity index (χ2n) is 7.83. The number of rotatable bonds is 6. The molecular formula is C21H28N4O3S2. The van der Waals surface area contributed by atoms with Crippen molar-refractivity contribution in [2.75, 3.05) is 51.2 Å². The van der Waals surface area contributed by atoms with Gasteiger partial charge in [0.15, 0.2) is 0 Å². The second kappa shape index (κ2) is 9.05. The summed E-state index contributed by atoms with van der Waals surface area (Å²) in [4.78, 5) is 17.9. The first-order valence-electron chi connectivity index (χ1n) is 10.3. The number of hydrogen-bond acceptors (Lipinski definition) is 6. The Kier molecular flexibility index (Phi) is 6.43. The van der Waals surface area contributed by atoms with Gasteiger partial charge in [0.05, 0.1) is 0 Å². The van der Waals surface area contributed by atoms with Gasteiger partial charge in [0.1, 0.15) is 9.77 Å². The number of amides is 1. The zero-order valence-electron chi connectivity index (χ0n) is 17.2. The summed E-state index contributed by atoms with van der Waals surface area (Å²) < 4.78 is 27.3. The predicted octanol–water partition coefficient (Wildman–Crippen LogP) is 2.21. The Morgan fingerprint density at radius 1 is 1.03 bits per heavy atom. The Bertz CT molecular complexity index is 991. The van der Waals surface area contributed by atoms with E-state index in [0.29, 0.717) is 19.6 Å². The molecule has 162 valence electrons. The van der Waals surface area contributed by atoms with Crippen molar-refractivity contribution in [2.45, 2.75) is 24.3 Å². The van der Waals surface area contributed by atoms with Crippen LogP contribution in [0.4, 0.5) is 5.69 Å². The zero-order chi connectivity index (χ0) is 21.1. The molecule has 1 N–H and O–H groups in total. The van der Waals surface area contributed by atoms with Crippen LogP contribution in [0.3, 0.4) is 0 Å². The van der Waals surface area contributed by atoms with E-state index in [1.165, 1.54) is 15.6 Å². The fraction of sp³-hybridized carbons (Fsp3) is 0.476. The second-order valence-corrected chi connectivity index (χ2v) is 10.6. The summed E-state index contributed by atoms with van der Waals surface area (Å²) in [6.45, 7) is 5.33. The van der Waals surface area contributed by atoms with E-state index in [1.807, 2.05) is 18.2 Å². The number of piperazine rings is 1. The molecule has 1 aromatic carbocycles. The summed E-state index contributed by atoms with van der Waals surface area (Å²) in [5, 5.41) is 4.62. The fourth-order valence-corrected chi connectivity index (χ4v) is 6.84. The lowest BCUT2D eigenvalue weighted by atomic mass is 10.1. The van der Waals surface area contributed by atoms with E-state index in [2.05, 4.69) is 28.2 Å². The molecule has 4 rings (SSSR count). The number of para-hydroxylation sites is 1. The van der Waals surface area contributed by atoms with Gasteiger partial charge in [-0.3, -0.25) is 4.79 Å². The van der Waals surface area contributed by atoms with Gasteiger partial charge in [-0.15, -0.1) is 11.3 Å². The smallest absolute Gasteiger partial charge is 0.263 e. The molecule has 2 aliphatic rings. The number of hydrogen-bond donors (Lipinski definition) is 1. The van der Waals surface area contributed by atoms with Crippen molar-refractivity contribution in [3.63, 3.8) is 0 Å². The number of anilines is 1. The van der Waals surface area contributed by atoms with E-state index >= 15 is 0 Å². The normalized spacial score (nSPS) is 18.6. The number of thiophene rings is 1. The molecule has 9 heteroatoms. The van der Waals surface area contributed by atoms with Crippen LogP contribution in [0.1, 0.15) is 28.1 Å². The van der Waals surface area contributed by atoms with Crippen LogP contribution in [-0.4, -0.2) is 69.8 Å². The first-order valence-corrected chi connectivity index (χ1v) is 12.7. The highest BCUT2D eigenvalue weighted by atomic mass is 32.2. The quantitative estimate of drug-likeness (QED) is 0.734. The molecule has 0 unspecified atom stereocenters. The first kappa shape index (κ1) is 21.3. The van der Waals surface area contributed by atoms with Crippen LogP contribution in [0.15, 0.2) is 40.6 Å². The van der Waals surface area contributed by atoms with Gasteiger partial charge in [0.2, 0.25) is 10.0 Å². The highest BCUT2D eigenvalue weighted by molar-refractivity contribution is 7.89. The lowest BCUT2D eigenvalue weighted by molar-refractivity contribution is 0.0952. The summed E-state index contributed by atoms with van der Waals surface area (Å²) in [6.07, 6.45) is 1.74. The molecule has 3 heterocycles. The van der Waals surface area contributed by atoms with Gasteiger partial charge in [0.25, 0.3) is 5.91 Å². The van der Waals surface area contributed by atoms with Gasteiger partial charge in [-0.25, -0.2) is 8.42 Å². The van der Waals surface area contributed by atoms with Gasteiger partial charge >= 0.3 is 0 Å². The Labute approximate surface area is 182 Å². The molecule has 2 aromatic rings. The van der Waals surface area contributed by atoms with Crippen LogP contribution in [0.25, 0.3) is 0 Å². The number of nitrogens with zero attached hydrogens (tertiary/aromatic N) is 3. The molecule has 0 bridgehead atoms. The third kappa shape index (κ3) is 4.39. The topological polar surface area (TPSA) is 73.0 Å². The molecule has 0 atom stereocenters. The number of sulfonamides is 1. The molecular weight excluding hydrogens is 420 g/mol. The van der Waals surface area contributed by atoms with Gasteiger partial charge < -0.3 is 15.1 Å². The number of likely N-dealkylation sites (N-methyl/N-ethyl adjacent to an activating group) is 1. The van der Waals surface area contributed by atoms with Crippen molar-refractivity contribution in [2.24, 2.45) is 0 Å².